The Hall–Kier alpha value is -2.14. The molecule has 5 heteroatoms. The van der Waals surface area contributed by atoms with Crippen LogP contribution in [-0.2, 0) is 14.3 Å². The summed E-state index contributed by atoms with van der Waals surface area (Å²) in [5.74, 6) is -0.331. The number of benzene rings is 1. The maximum atomic E-state index is 13.1. The number of rotatable bonds is 7. The molecule has 0 saturated carbocycles. The molecule has 0 spiro atoms. The molecule has 2 heterocycles. The summed E-state index contributed by atoms with van der Waals surface area (Å²) >= 11 is 0. The van der Waals surface area contributed by atoms with Gasteiger partial charge in [0, 0.05) is 26.2 Å². The van der Waals surface area contributed by atoms with Crippen molar-refractivity contribution in [1.29, 1.82) is 0 Å². The van der Waals surface area contributed by atoms with Crippen LogP contribution in [0.3, 0.4) is 0 Å². The summed E-state index contributed by atoms with van der Waals surface area (Å²) in [5.41, 5.74) is 3.11. The van der Waals surface area contributed by atoms with Crippen LogP contribution in [0.25, 0.3) is 5.57 Å². The SMILES string of the molecule is Cc1ccc(C2=C(N3CCCC3)C(=O)N(CCCOC(C)C)C2=O)cc1. The fourth-order valence-electron chi connectivity index (χ4n) is 3.52. The number of carbonyl (C=O) groups is 2. The van der Waals surface area contributed by atoms with Crippen molar-refractivity contribution >= 4 is 17.4 Å². The highest BCUT2D eigenvalue weighted by Gasteiger charge is 2.41. The number of nitrogens with zero attached hydrogens (tertiary/aromatic N) is 2. The highest BCUT2D eigenvalue weighted by molar-refractivity contribution is 6.35. The highest BCUT2D eigenvalue weighted by atomic mass is 16.5. The summed E-state index contributed by atoms with van der Waals surface area (Å²) in [6, 6.07) is 7.86. The molecule has 0 atom stereocenters. The van der Waals surface area contributed by atoms with Crippen LogP contribution < -0.4 is 0 Å². The van der Waals surface area contributed by atoms with E-state index < -0.39 is 0 Å². The molecule has 3 rings (SSSR count). The van der Waals surface area contributed by atoms with Gasteiger partial charge in [-0.25, -0.2) is 0 Å². The van der Waals surface area contributed by atoms with Gasteiger partial charge in [-0.2, -0.15) is 0 Å². The summed E-state index contributed by atoms with van der Waals surface area (Å²) in [6.45, 7) is 8.61. The van der Waals surface area contributed by atoms with Gasteiger partial charge in [-0.05, 0) is 45.6 Å². The largest absolute Gasteiger partial charge is 0.379 e. The maximum absolute atomic E-state index is 13.1. The molecule has 1 saturated heterocycles. The topological polar surface area (TPSA) is 49.9 Å². The van der Waals surface area contributed by atoms with E-state index in [1.165, 1.54) is 4.90 Å². The third-order valence-electron chi connectivity index (χ3n) is 4.88. The molecule has 26 heavy (non-hydrogen) atoms. The van der Waals surface area contributed by atoms with Crippen molar-refractivity contribution in [3.8, 4) is 0 Å². The molecule has 1 aromatic rings. The van der Waals surface area contributed by atoms with Gasteiger partial charge in [0.25, 0.3) is 11.8 Å². The lowest BCUT2D eigenvalue weighted by Gasteiger charge is -2.20. The number of amides is 2. The van der Waals surface area contributed by atoms with Crippen LogP contribution in [-0.4, -0.2) is 54.0 Å². The third-order valence-corrected chi connectivity index (χ3v) is 4.88. The average Bonchev–Trinajstić information content (AvgIpc) is 3.20. The van der Waals surface area contributed by atoms with E-state index in [4.69, 9.17) is 4.74 Å². The van der Waals surface area contributed by atoms with E-state index in [-0.39, 0.29) is 17.9 Å². The van der Waals surface area contributed by atoms with E-state index in [2.05, 4.69) is 4.90 Å². The molecule has 0 bridgehead atoms. The van der Waals surface area contributed by atoms with Crippen LogP contribution in [0.5, 0.6) is 0 Å². The van der Waals surface area contributed by atoms with Crippen LogP contribution >= 0.6 is 0 Å². The molecule has 2 aliphatic heterocycles. The number of likely N-dealkylation sites (tertiary alicyclic amines) is 1. The Kier molecular flexibility index (Phi) is 5.77. The van der Waals surface area contributed by atoms with Crippen molar-refractivity contribution in [2.75, 3.05) is 26.2 Å². The van der Waals surface area contributed by atoms with Crippen LogP contribution in [0.15, 0.2) is 30.0 Å². The number of carbonyl (C=O) groups excluding carboxylic acids is 2. The molecule has 0 unspecified atom stereocenters. The minimum absolute atomic E-state index is 0.154. The second-order valence-electron chi connectivity index (χ2n) is 7.32. The minimum atomic E-state index is -0.176. The molecule has 0 aromatic heterocycles. The van der Waals surface area contributed by atoms with Gasteiger partial charge in [0.1, 0.15) is 5.70 Å². The molecule has 2 aliphatic rings. The van der Waals surface area contributed by atoms with E-state index >= 15 is 0 Å². The van der Waals surface area contributed by atoms with Crippen molar-refractivity contribution < 1.29 is 14.3 Å². The summed E-state index contributed by atoms with van der Waals surface area (Å²) in [4.78, 5) is 29.6. The first-order chi connectivity index (χ1) is 12.5. The summed E-state index contributed by atoms with van der Waals surface area (Å²) < 4.78 is 5.55. The van der Waals surface area contributed by atoms with Gasteiger partial charge in [-0.15, -0.1) is 0 Å². The first-order valence-electron chi connectivity index (χ1n) is 9.53. The summed E-state index contributed by atoms with van der Waals surface area (Å²) in [5, 5.41) is 0. The zero-order valence-electron chi connectivity index (χ0n) is 16.0. The summed E-state index contributed by atoms with van der Waals surface area (Å²) in [7, 11) is 0. The Bertz CT molecular complexity index is 700. The number of imide groups is 1. The predicted octanol–water partition coefficient (Wildman–Crippen LogP) is 2.99. The van der Waals surface area contributed by atoms with E-state index in [0.29, 0.717) is 30.8 Å². The molecule has 140 valence electrons. The molecule has 1 fully saturated rings. The molecular formula is C21H28N2O3. The number of ether oxygens (including phenoxy) is 1. The molecule has 0 radical (unpaired) electrons. The van der Waals surface area contributed by atoms with Gasteiger partial charge in [-0.3, -0.25) is 14.5 Å². The van der Waals surface area contributed by atoms with Gasteiger partial charge in [0.05, 0.1) is 11.7 Å². The standard InChI is InChI=1S/C21H28N2O3/c1-15(2)26-14-6-13-23-20(24)18(17-9-7-16(3)8-10-17)19(21(23)25)22-11-4-5-12-22/h7-10,15H,4-6,11-14H2,1-3H3. The quantitative estimate of drug-likeness (QED) is 0.557. The van der Waals surface area contributed by atoms with Crippen molar-refractivity contribution in [2.24, 2.45) is 0 Å². The van der Waals surface area contributed by atoms with Gasteiger partial charge in [0.15, 0.2) is 0 Å². The molecule has 5 nitrogen and oxygen atoms in total. The zero-order chi connectivity index (χ0) is 18.7. The predicted molar refractivity (Wildman–Crippen MR) is 101 cm³/mol. The van der Waals surface area contributed by atoms with Crippen LogP contribution in [0.4, 0.5) is 0 Å². The lowest BCUT2D eigenvalue weighted by molar-refractivity contribution is -0.137. The van der Waals surface area contributed by atoms with E-state index in [1.807, 2.05) is 45.0 Å². The van der Waals surface area contributed by atoms with E-state index in [0.717, 1.165) is 37.1 Å². The molecule has 0 aliphatic carbocycles. The smallest absolute Gasteiger partial charge is 0.277 e. The lowest BCUT2D eigenvalue weighted by atomic mass is 10.0. The number of aryl methyl sites for hydroxylation is 1. The average molecular weight is 356 g/mol. The fraction of sp³-hybridized carbons (Fsp3) is 0.524. The number of hydrogen-bond acceptors (Lipinski definition) is 4. The van der Waals surface area contributed by atoms with E-state index in [1.54, 1.807) is 0 Å². The van der Waals surface area contributed by atoms with Crippen molar-refractivity contribution in [3.05, 3.63) is 41.1 Å². The van der Waals surface area contributed by atoms with E-state index in [9.17, 15) is 9.59 Å². The Labute approximate surface area is 155 Å². The Morgan fingerprint density at radius 3 is 2.31 bits per heavy atom. The first kappa shape index (κ1) is 18.6. The van der Waals surface area contributed by atoms with Crippen LogP contribution in [0, 0.1) is 6.92 Å². The van der Waals surface area contributed by atoms with Crippen molar-refractivity contribution in [1.82, 2.24) is 9.80 Å². The molecular weight excluding hydrogens is 328 g/mol. The molecule has 0 N–H and O–H groups in total. The summed E-state index contributed by atoms with van der Waals surface area (Å²) in [6.07, 6.45) is 2.94. The Balaban J connectivity index is 1.85. The normalized spacial score (nSPS) is 18.0. The van der Waals surface area contributed by atoms with Gasteiger partial charge < -0.3 is 9.64 Å². The zero-order valence-corrected chi connectivity index (χ0v) is 16.0. The van der Waals surface area contributed by atoms with Crippen molar-refractivity contribution in [3.63, 3.8) is 0 Å². The van der Waals surface area contributed by atoms with Crippen LogP contribution in [0.2, 0.25) is 0 Å². The van der Waals surface area contributed by atoms with Gasteiger partial charge in [0.2, 0.25) is 0 Å². The molecule has 1 aromatic carbocycles. The minimum Gasteiger partial charge on any atom is -0.379 e. The number of hydrogen-bond donors (Lipinski definition) is 0. The van der Waals surface area contributed by atoms with Crippen LogP contribution in [0.1, 0.15) is 44.2 Å². The van der Waals surface area contributed by atoms with Crippen molar-refractivity contribution in [2.45, 2.75) is 46.1 Å². The molecule has 2 amide bonds. The second kappa shape index (κ2) is 8.04. The van der Waals surface area contributed by atoms with Gasteiger partial charge >= 0.3 is 0 Å². The Morgan fingerprint density at radius 1 is 1.04 bits per heavy atom. The Morgan fingerprint density at radius 2 is 1.69 bits per heavy atom. The van der Waals surface area contributed by atoms with Gasteiger partial charge in [-0.1, -0.05) is 29.8 Å². The monoisotopic (exact) mass is 356 g/mol. The second-order valence-corrected chi connectivity index (χ2v) is 7.32. The third kappa shape index (κ3) is 3.83. The highest BCUT2D eigenvalue weighted by Crippen LogP contribution is 2.33. The fourth-order valence-corrected chi connectivity index (χ4v) is 3.52. The maximum Gasteiger partial charge on any atom is 0.277 e. The lowest BCUT2D eigenvalue weighted by Crippen LogP contribution is -2.35. The first-order valence-corrected chi connectivity index (χ1v) is 9.53.